The number of nitrogens with zero attached hydrogens (tertiary/aromatic N) is 1. The highest BCUT2D eigenvalue weighted by molar-refractivity contribution is 7.12. The van der Waals surface area contributed by atoms with Crippen LogP contribution in [0.3, 0.4) is 0 Å². The van der Waals surface area contributed by atoms with Gasteiger partial charge < -0.3 is 5.73 Å². The summed E-state index contributed by atoms with van der Waals surface area (Å²) in [5, 5.41) is 0. The monoisotopic (exact) mass is 198 g/mol. The largest absolute Gasteiger partial charge is 0.329 e. The zero-order chi connectivity index (χ0) is 9.84. The zero-order valence-electron chi connectivity index (χ0n) is 8.58. The van der Waals surface area contributed by atoms with Gasteiger partial charge in [0.2, 0.25) is 0 Å². The van der Waals surface area contributed by atoms with E-state index in [-0.39, 0.29) is 0 Å². The first-order valence-corrected chi connectivity index (χ1v) is 5.47. The Hall–Kier alpha value is -0.380. The summed E-state index contributed by atoms with van der Waals surface area (Å²) in [6.07, 6.45) is 0. The van der Waals surface area contributed by atoms with Crippen molar-refractivity contribution in [3.05, 3.63) is 21.9 Å². The molecule has 2 N–H and O–H groups in total. The molecule has 0 aliphatic carbocycles. The number of rotatable bonds is 4. The van der Waals surface area contributed by atoms with Crippen molar-refractivity contribution in [3.63, 3.8) is 0 Å². The van der Waals surface area contributed by atoms with Crippen LogP contribution in [0.2, 0.25) is 0 Å². The van der Waals surface area contributed by atoms with Crippen molar-refractivity contribution in [1.82, 2.24) is 4.90 Å². The van der Waals surface area contributed by atoms with Gasteiger partial charge in [-0.05, 0) is 32.6 Å². The van der Waals surface area contributed by atoms with Gasteiger partial charge in [0.25, 0.3) is 0 Å². The van der Waals surface area contributed by atoms with Crippen LogP contribution < -0.4 is 5.73 Å². The standard InChI is InChI=1S/C10H18N2S/c1-4-12(3)9(7-11)10-6-5-8(2)13-10/h5-6,9H,4,7,11H2,1-3H3. The molecule has 0 spiro atoms. The van der Waals surface area contributed by atoms with Crippen LogP contribution in [0.4, 0.5) is 0 Å². The highest BCUT2D eigenvalue weighted by Crippen LogP contribution is 2.25. The van der Waals surface area contributed by atoms with Gasteiger partial charge in [0.15, 0.2) is 0 Å². The summed E-state index contributed by atoms with van der Waals surface area (Å²) < 4.78 is 0. The number of hydrogen-bond donors (Lipinski definition) is 1. The first-order chi connectivity index (χ1) is 6.19. The Morgan fingerprint density at radius 1 is 1.54 bits per heavy atom. The second kappa shape index (κ2) is 4.74. The Labute approximate surface area is 84.4 Å². The summed E-state index contributed by atoms with van der Waals surface area (Å²) in [7, 11) is 2.12. The molecule has 74 valence electrons. The molecule has 13 heavy (non-hydrogen) atoms. The summed E-state index contributed by atoms with van der Waals surface area (Å²) in [4.78, 5) is 5.02. The van der Waals surface area contributed by atoms with Crippen molar-refractivity contribution in [2.45, 2.75) is 19.9 Å². The van der Waals surface area contributed by atoms with Crippen molar-refractivity contribution in [1.29, 1.82) is 0 Å². The van der Waals surface area contributed by atoms with Crippen molar-refractivity contribution >= 4 is 11.3 Å². The summed E-state index contributed by atoms with van der Waals surface area (Å²) in [6.45, 7) is 6.03. The Kier molecular flexibility index (Phi) is 3.90. The number of likely N-dealkylation sites (N-methyl/N-ethyl adjacent to an activating group) is 1. The van der Waals surface area contributed by atoms with E-state index < -0.39 is 0 Å². The number of aryl methyl sites for hydroxylation is 1. The molecule has 1 heterocycles. The summed E-state index contributed by atoms with van der Waals surface area (Å²) in [6, 6.07) is 4.74. The average Bonchev–Trinajstić information content (AvgIpc) is 2.53. The first-order valence-electron chi connectivity index (χ1n) is 4.65. The quantitative estimate of drug-likeness (QED) is 0.802. The maximum Gasteiger partial charge on any atom is 0.0561 e. The molecule has 1 aromatic rings. The SMILES string of the molecule is CCN(C)C(CN)c1ccc(C)s1. The molecule has 2 nitrogen and oxygen atoms in total. The minimum Gasteiger partial charge on any atom is -0.329 e. The van der Waals surface area contributed by atoms with Gasteiger partial charge in [-0.25, -0.2) is 0 Å². The molecule has 0 bridgehead atoms. The lowest BCUT2D eigenvalue weighted by Gasteiger charge is -2.24. The molecule has 0 aliphatic heterocycles. The fraction of sp³-hybridized carbons (Fsp3) is 0.600. The molecule has 0 radical (unpaired) electrons. The Morgan fingerprint density at radius 2 is 2.23 bits per heavy atom. The van der Waals surface area contributed by atoms with Gasteiger partial charge in [-0.1, -0.05) is 6.92 Å². The molecular formula is C10H18N2S. The number of nitrogens with two attached hydrogens (primary N) is 1. The van der Waals surface area contributed by atoms with Crippen LogP contribution in [0.1, 0.15) is 22.7 Å². The van der Waals surface area contributed by atoms with Gasteiger partial charge in [0.05, 0.1) is 6.04 Å². The van der Waals surface area contributed by atoms with Crippen LogP contribution in [0, 0.1) is 6.92 Å². The summed E-state index contributed by atoms with van der Waals surface area (Å²) >= 11 is 1.84. The lowest BCUT2D eigenvalue weighted by Crippen LogP contribution is -2.29. The van der Waals surface area contributed by atoms with E-state index in [9.17, 15) is 0 Å². The van der Waals surface area contributed by atoms with Crippen molar-refractivity contribution in [2.24, 2.45) is 5.73 Å². The second-order valence-electron chi connectivity index (χ2n) is 3.27. The third-order valence-electron chi connectivity index (χ3n) is 2.34. The molecule has 3 heteroatoms. The van der Waals surface area contributed by atoms with Crippen LogP contribution in [0.5, 0.6) is 0 Å². The van der Waals surface area contributed by atoms with E-state index in [0.717, 1.165) is 6.54 Å². The minimum absolute atomic E-state index is 0.392. The van der Waals surface area contributed by atoms with Crippen LogP contribution >= 0.6 is 11.3 Å². The lowest BCUT2D eigenvalue weighted by molar-refractivity contribution is 0.267. The smallest absolute Gasteiger partial charge is 0.0561 e. The molecule has 1 aromatic heterocycles. The molecule has 1 rings (SSSR count). The van der Waals surface area contributed by atoms with Gasteiger partial charge >= 0.3 is 0 Å². The third-order valence-corrected chi connectivity index (χ3v) is 3.45. The molecule has 0 saturated heterocycles. The molecule has 1 atom stereocenters. The molecule has 0 aliphatic rings. The zero-order valence-corrected chi connectivity index (χ0v) is 9.40. The fourth-order valence-electron chi connectivity index (χ4n) is 1.37. The maximum atomic E-state index is 5.76. The predicted molar refractivity (Wildman–Crippen MR) is 59.2 cm³/mol. The van der Waals surface area contributed by atoms with E-state index in [0.29, 0.717) is 12.6 Å². The van der Waals surface area contributed by atoms with E-state index >= 15 is 0 Å². The first kappa shape index (κ1) is 10.7. The number of hydrogen-bond acceptors (Lipinski definition) is 3. The van der Waals surface area contributed by atoms with E-state index in [2.05, 4.69) is 37.9 Å². The number of thiophene rings is 1. The topological polar surface area (TPSA) is 29.3 Å². The third kappa shape index (κ3) is 2.53. The predicted octanol–water partition coefficient (Wildman–Crippen LogP) is 2.01. The molecule has 0 saturated carbocycles. The summed E-state index contributed by atoms with van der Waals surface area (Å²) in [5.74, 6) is 0. The molecule has 0 aromatic carbocycles. The summed E-state index contributed by atoms with van der Waals surface area (Å²) in [5.41, 5.74) is 5.76. The average molecular weight is 198 g/mol. The van der Waals surface area contributed by atoms with Crippen LogP contribution in [0.15, 0.2) is 12.1 Å². The van der Waals surface area contributed by atoms with E-state index in [1.807, 2.05) is 11.3 Å². The van der Waals surface area contributed by atoms with E-state index in [1.54, 1.807) is 0 Å². The van der Waals surface area contributed by atoms with Crippen LogP contribution in [0.25, 0.3) is 0 Å². The highest BCUT2D eigenvalue weighted by Gasteiger charge is 2.14. The lowest BCUT2D eigenvalue weighted by atomic mass is 10.2. The highest BCUT2D eigenvalue weighted by atomic mass is 32.1. The normalized spacial score (nSPS) is 13.6. The van der Waals surface area contributed by atoms with Gasteiger partial charge in [-0.2, -0.15) is 0 Å². The second-order valence-corrected chi connectivity index (χ2v) is 4.59. The van der Waals surface area contributed by atoms with Gasteiger partial charge in [0, 0.05) is 16.3 Å². The van der Waals surface area contributed by atoms with Gasteiger partial charge in [-0.15, -0.1) is 11.3 Å². The molecule has 0 amide bonds. The van der Waals surface area contributed by atoms with E-state index in [4.69, 9.17) is 5.73 Å². The Bertz CT molecular complexity index is 257. The Morgan fingerprint density at radius 3 is 2.62 bits per heavy atom. The molecule has 0 fully saturated rings. The minimum atomic E-state index is 0.392. The van der Waals surface area contributed by atoms with Gasteiger partial charge in [0.1, 0.15) is 0 Å². The van der Waals surface area contributed by atoms with Crippen LogP contribution in [-0.2, 0) is 0 Å². The molecular weight excluding hydrogens is 180 g/mol. The van der Waals surface area contributed by atoms with Crippen molar-refractivity contribution < 1.29 is 0 Å². The van der Waals surface area contributed by atoms with Gasteiger partial charge in [-0.3, -0.25) is 4.90 Å². The maximum absolute atomic E-state index is 5.76. The van der Waals surface area contributed by atoms with Crippen molar-refractivity contribution in [3.8, 4) is 0 Å². The van der Waals surface area contributed by atoms with Crippen LogP contribution in [-0.4, -0.2) is 25.0 Å². The van der Waals surface area contributed by atoms with E-state index in [1.165, 1.54) is 9.75 Å². The Balaban J connectivity index is 2.77. The molecule has 1 unspecified atom stereocenters. The van der Waals surface area contributed by atoms with Crippen molar-refractivity contribution in [2.75, 3.05) is 20.1 Å². The fourth-order valence-corrected chi connectivity index (χ4v) is 2.42.